The third-order valence-electron chi connectivity index (χ3n) is 7.75. The van der Waals surface area contributed by atoms with E-state index in [1.165, 1.54) is 39.2 Å². The summed E-state index contributed by atoms with van der Waals surface area (Å²) in [5.41, 5.74) is 11.0. The molecule has 1 aliphatic carbocycles. The third kappa shape index (κ3) is 5.16. The van der Waals surface area contributed by atoms with Crippen molar-refractivity contribution in [2.24, 2.45) is 19.1 Å². The van der Waals surface area contributed by atoms with E-state index in [0.717, 1.165) is 61.6 Å². The van der Waals surface area contributed by atoms with Gasteiger partial charge in [0.25, 0.3) is 0 Å². The van der Waals surface area contributed by atoms with Crippen molar-refractivity contribution < 1.29 is 0 Å². The molecular formula is C31H37N9. The Labute approximate surface area is 235 Å². The second-order valence-electron chi connectivity index (χ2n) is 11.1. The van der Waals surface area contributed by atoms with Gasteiger partial charge in [0.2, 0.25) is 0 Å². The van der Waals surface area contributed by atoms with Crippen LogP contribution in [0.1, 0.15) is 37.4 Å². The first-order valence-electron chi connectivity index (χ1n) is 13.9. The van der Waals surface area contributed by atoms with Crippen LogP contribution in [0.5, 0.6) is 0 Å². The predicted molar refractivity (Wildman–Crippen MR) is 161 cm³/mol. The smallest absolute Gasteiger partial charge is 0.153 e. The fraction of sp³-hybridized carbons (Fsp3) is 0.355. The number of benzene rings is 1. The van der Waals surface area contributed by atoms with Crippen LogP contribution >= 0.6 is 0 Å². The number of aromatic nitrogens is 6. The Kier molecular flexibility index (Phi) is 6.98. The van der Waals surface area contributed by atoms with Crippen LogP contribution in [0.2, 0.25) is 0 Å². The molecule has 9 heteroatoms. The number of nitrogens with zero attached hydrogens (tertiary/aromatic N) is 8. The number of aryl methyl sites for hydroxylation is 3. The van der Waals surface area contributed by atoms with Gasteiger partial charge >= 0.3 is 0 Å². The molecule has 0 saturated carbocycles. The second kappa shape index (κ2) is 10.7. The van der Waals surface area contributed by atoms with Gasteiger partial charge in [-0.15, -0.1) is 0 Å². The number of fused-ring (bicyclic) bond motifs is 3. The lowest BCUT2D eigenvalue weighted by atomic mass is 9.81. The maximum absolute atomic E-state index is 4.97. The van der Waals surface area contributed by atoms with E-state index < -0.39 is 0 Å². The molecule has 0 atom stereocenters. The average molecular weight is 536 g/mol. The van der Waals surface area contributed by atoms with Crippen molar-refractivity contribution in [3.05, 3.63) is 77.5 Å². The highest BCUT2D eigenvalue weighted by molar-refractivity contribution is 5.97. The first-order valence-corrected chi connectivity index (χ1v) is 13.9. The maximum atomic E-state index is 4.97. The highest BCUT2D eigenvalue weighted by Gasteiger charge is 2.29. The van der Waals surface area contributed by atoms with Crippen LogP contribution in [0.3, 0.4) is 0 Å². The molecule has 1 aromatic carbocycles. The molecule has 206 valence electrons. The van der Waals surface area contributed by atoms with Gasteiger partial charge in [-0.05, 0) is 57.0 Å². The Morgan fingerprint density at radius 1 is 0.925 bits per heavy atom. The summed E-state index contributed by atoms with van der Waals surface area (Å²) < 4.78 is 5.86. The van der Waals surface area contributed by atoms with Gasteiger partial charge in [-0.3, -0.25) is 14.0 Å². The molecule has 0 amide bonds. The van der Waals surface area contributed by atoms with E-state index in [4.69, 9.17) is 10.1 Å². The van der Waals surface area contributed by atoms with E-state index in [1.807, 2.05) is 41.1 Å². The van der Waals surface area contributed by atoms with Crippen LogP contribution in [0.15, 0.2) is 71.3 Å². The van der Waals surface area contributed by atoms with Crippen LogP contribution in [0.4, 0.5) is 5.82 Å². The minimum atomic E-state index is 0.828. The topological polar surface area (TPSA) is 81.1 Å². The fourth-order valence-corrected chi connectivity index (χ4v) is 5.64. The monoisotopic (exact) mass is 535 g/mol. The normalized spacial score (nSPS) is 19.8. The number of nitrogens with one attached hydrogen (secondary N) is 1. The first kappa shape index (κ1) is 26.0. The largest absolute Gasteiger partial charge is 0.327 e. The lowest BCUT2D eigenvalue weighted by Gasteiger charge is -2.24. The van der Waals surface area contributed by atoms with Gasteiger partial charge < -0.3 is 10.2 Å². The number of aliphatic imine (C=N–C) groups is 1. The van der Waals surface area contributed by atoms with E-state index in [9.17, 15) is 0 Å². The van der Waals surface area contributed by atoms with Crippen LogP contribution in [-0.4, -0.2) is 60.7 Å². The number of allylic oxidation sites excluding steroid dienone is 3. The predicted octanol–water partition coefficient (Wildman–Crippen LogP) is 5.15. The third-order valence-corrected chi connectivity index (χ3v) is 7.75. The van der Waals surface area contributed by atoms with Gasteiger partial charge in [0.15, 0.2) is 5.82 Å². The Morgan fingerprint density at radius 2 is 1.73 bits per heavy atom. The van der Waals surface area contributed by atoms with Crippen molar-refractivity contribution in [3.63, 3.8) is 0 Å². The summed E-state index contributed by atoms with van der Waals surface area (Å²) in [4.78, 5) is 7.09. The summed E-state index contributed by atoms with van der Waals surface area (Å²) in [7, 11) is 8.15. The highest BCUT2D eigenvalue weighted by Crippen LogP contribution is 2.44. The second-order valence-corrected chi connectivity index (χ2v) is 11.1. The molecule has 1 aliphatic heterocycles. The van der Waals surface area contributed by atoms with Crippen LogP contribution in [-0.2, 0) is 27.1 Å². The van der Waals surface area contributed by atoms with Crippen molar-refractivity contribution in [1.29, 1.82) is 0 Å². The molecule has 0 fully saturated rings. The molecule has 2 aliphatic rings. The molecule has 4 heterocycles. The maximum Gasteiger partial charge on any atom is 0.153 e. The van der Waals surface area contributed by atoms with Gasteiger partial charge in [-0.25, -0.2) is 4.99 Å². The van der Waals surface area contributed by atoms with Gasteiger partial charge in [-0.1, -0.05) is 29.8 Å². The van der Waals surface area contributed by atoms with E-state index in [-0.39, 0.29) is 0 Å². The minimum Gasteiger partial charge on any atom is -0.327 e. The SMILES string of the molecule is C\C1=C2/C(=C\N=C(\Nc3ccn(CCN(C)C)n3)CC1)CCc1nn(C)c(-c3ccc(-c4cnn(C)c4)cc3)c12. The molecule has 0 spiro atoms. The van der Waals surface area contributed by atoms with Crippen LogP contribution in [0, 0.1) is 0 Å². The lowest BCUT2D eigenvalue weighted by molar-refractivity contribution is 0.373. The quantitative estimate of drug-likeness (QED) is 0.369. The number of hydrogen-bond acceptors (Lipinski definition) is 6. The fourth-order valence-electron chi connectivity index (χ4n) is 5.64. The summed E-state index contributed by atoms with van der Waals surface area (Å²) in [5, 5.41) is 17.4. The van der Waals surface area contributed by atoms with Gasteiger partial charge in [-0.2, -0.15) is 15.3 Å². The summed E-state index contributed by atoms with van der Waals surface area (Å²) in [6.07, 6.45) is 11.6. The van der Waals surface area contributed by atoms with E-state index in [2.05, 4.69) is 83.6 Å². The molecule has 0 bridgehead atoms. The summed E-state index contributed by atoms with van der Waals surface area (Å²) in [6.45, 7) is 4.08. The van der Waals surface area contributed by atoms with Gasteiger partial charge in [0, 0.05) is 68.4 Å². The molecule has 0 saturated heterocycles. The number of amidine groups is 1. The molecule has 40 heavy (non-hydrogen) atoms. The Hall–Kier alpha value is -4.24. The Bertz CT molecular complexity index is 1620. The van der Waals surface area contributed by atoms with Crippen LogP contribution in [0.25, 0.3) is 28.0 Å². The Morgan fingerprint density at radius 3 is 2.48 bits per heavy atom. The molecule has 0 unspecified atom stereocenters. The van der Waals surface area contributed by atoms with E-state index >= 15 is 0 Å². The standard InChI is InChI=1S/C31H37N9/c1-21-6-13-27(34-28-14-15-40(36-28)17-16-37(2)3)32-18-24-11-12-26-30(29(21)24)31(39(5)35-26)23-9-7-22(8-10-23)25-19-33-38(4)20-25/h7-10,14-15,18-20H,6,11-13,16-17H2,1-5H3,(H,32,34,36)/b24-18-,29-21-. The number of rotatable bonds is 6. The summed E-state index contributed by atoms with van der Waals surface area (Å²) in [6, 6.07) is 10.8. The van der Waals surface area contributed by atoms with E-state index in [1.54, 1.807) is 0 Å². The number of likely N-dealkylation sites (N-methyl/N-ethyl adjacent to an activating group) is 1. The van der Waals surface area contributed by atoms with Crippen molar-refractivity contribution >= 4 is 17.2 Å². The van der Waals surface area contributed by atoms with Crippen molar-refractivity contribution in [2.75, 3.05) is 26.0 Å². The molecule has 1 N–H and O–H groups in total. The highest BCUT2D eigenvalue weighted by atomic mass is 15.3. The van der Waals surface area contributed by atoms with Gasteiger partial charge in [0.05, 0.1) is 24.1 Å². The first-order chi connectivity index (χ1) is 19.4. The van der Waals surface area contributed by atoms with Crippen LogP contribution < -0.4 is 5.32 Å². The van der Waals surface area contributed by atoms with Gasteiger partial charge in [0.1, 0.15) is 5.84 Å². The molecule has 3 aromatic heterocycles. The number of hydrogen-bond donors (Lipinski definition) is 1. The molecule has 0 radical (unpaired) electrons. The van der Waals surface area contributed by atoms with Crippen molar-refractivity contribution in [1.82, 2.24) is 34.2 Å². The zero-order valence-electron chi connectivity index (χ0n) is 24.0. The Balaban J connectivity index is 1.29. The van der Waals surface area contributed by atoms with E-state index in [0.29, 0.717) is 0 Å². The summed E-state index contributed by atoms with van der Waals surface area (Å²) in [5.74, 6) is 1.79. The summed E-state index contributed by atoms with van der Waals surface area (Å²) >= 11 is 0. The van der Waals surface area contributed by atoms with Crippen molar-refractivity contribution in [3.8, 4) is 22.4 Å². The number of anilines is 1. The molecular weight excluding hydrogens is 498 g/mol. The molecule has 4 aromatic rings. The zero-order valence-corrected chi connectivity index (χ0v) is 24.0. The van der Waals surface area contributed by atoms with Crippen molar-refractivity contribution in [2.45, 2.75) is 39.2 Å². The molecule has 9 nitrogen and oxygen atoms in total. The minimum absolute atomic E-state index is 0.828. The lowest BCUT2D eigenvalue weighted by Crippen LogP contribution is -2.19. The molecule has 6 rings (SSSR count). The zero-order chi connectivity index (χ0) is 27.8. The average Bonchev–Trinajstić information content (AvgIpc) is 3.65.